The molecule has 0 bridgehead atoms. The third-order valence-corrected chi connectivity index (χ3v) is 3.28. The van der Waals surface area contributed by atoms with E-state index in [2.05, 4.69) is 47.1 Å². The monoisotopic (exact) mass is 323 g/mol. The molecule has 1 N–H and O–H groups in total. The van der Waals surface area contributed by atoms with Gasteiger partial charge in [-0.2, -0.15) is 0 Å². The van der Waals surface area contributed by atoms with Crippen molar-refractivity contribution in [3.8, 4) is 18.1 Å². The fourth-order valence-corrected chi connectivity index (χ4v) is 2.21. The molecule has 0 unspecified atom stereocenters. The van der Waals surface area contributed by atoms with Crippen LogP contribution in [-0.2, 0) is 6.54 Å². The molecule has 0 radical (unpaired) electrons. The average molecular weight is 324 g/mol. The van der Waals surface area contributed by atoms with Crippen molar-refractivity contribution >= 4 is 15.9 Å². The maximum Gasteiger partial charge on any atom is 0.148 e. The first-order valence-corrected chi connectivity index (χ1v) is 7.48. The lowest BCUT2D eigenvalue weighted by atomic mass is 10.1. The summed E-state index contributed by atoms with van der Waals surface area (Å²) in [6.07, 6.45) is 7.68. The molecule has 19 heavy (non-hydrogen) atoms. The Labute approximate surface area is 125 Å². The molecule has 0 aliphatic rings. The van der Waals surface area contributed by atoms with Crippen molar-refractivity contribution in [2.24, 2.45) is 5.92 Å². The standard InChI is InChI=1S/C16H22BrNO/c1-4-10-19-16-8-7-15(17)11-14(16)12-18-9-5-6-13(2)3/h1,7-8,11,13,18H,5-6,9-10,12H2,2-3H3. The molecule has 3 heteroatoms. The van der Waals surface area contributed by atoms with Crippen LogP contribution in [0.3, 0.4) is 0 Å². The summed E-state index contributed by atoms with van der Waals surface area (Å²) in [5.74, 6) is 4.12. The third kappa shape index (κ3) is 6.66. The minimum absolute atomic E-state index is 0.308. The van der Waals surface area contributed by atoms with E-state index in [1.807, 2.05) is 12.1 Å². The van der Waals surface area contributed by atoms with Crippen LogP contribution in [0.5, 0.6) is 5.75 Å². The summed E-state index contributed by atoms with van der Waals surface area (Å²) in [7, 11) is 0. The SMILES string of the molecule is C#CCOc1ccc(Br)cc1CNCCCC(C)C. The van der Waals surface area contributed by atoms with Crippen molar-refractivity contribution in [2.75, 3.05) is 13.2 Å². The van der Waals surface area contributed by atoms with Gasteiger partial charge in [0.15, 0.2) is 0 Å². The Morgan fingerprint density at radius 1 is 1.42 bits per heavy atom. The second-order valence-corrected chi connectivity index (χ2v) is 5.87. The molecule has 0 saturated carbocycles. The van der Waals surface area contributed by atoms with Crippen LogP contribution in [0.15, 0.2) is 22.7 Å². The van der Waals surface area contributed by atoms with E-state index in [1.165, 1.54) is 12.8 Å². The Bertz CT molecular complexity index is 423. The van der Waals surface area contributed by atoms with E-state index >= 15 is 0 Å². The van der Waals surface area contributed by atoms with Gasteiger partial charge in [0.05, 0.1) is 0 Å². The van der Waals surface area contributed by atoms with Crippen molar-refractivity contribution in [3.63, 3.8) is 0 Å². The van der Waals surface area contributed by atoms with Crippen molar-refractivity contribution < 1.29 is 4.74 Å². The van der Waals surface area contributed by atoms with Crippen molar-refractivity contribution in [3.05, 3.63) is 28.2 Å². The van der Waals surface area contributed by atoms with Gasteiger partial charge in [-0.3, -0.25) is 0 Å². The molecule has 0 saturated heterocycles. The molecular formula is C16H22BrNO. The lowest BCUT2D eigenvalue weighted by molar-refractivity contribution is 0.364. The highest BCUT2D eigenvalue weighted by Crippen LogP contribution is 2.23. The molecule has 1 rings (SSSR count). The Hall–Kier alpha value is -0.980. The number of halogens is 1. The molecule has 104 valence electrons. The zero-order valence-electron chi connectivity index (χ0n) is 11.7. The second-order valence-electron chi connectivity index (χ2n) is 4.96. The summed E-state index contributed by atoms with van der Waals surface area (Å²) < 4.78 is 6.59. The van der Waals surface area contributed by atoms with Gasteiger partial charge in [-0.1, -0.05) is 35.7 Å². The Morgan fingerprint density at radius 2 is 2.21 bits per heavy atom. The predicted molar refractivity (Wildman–Crippen MR) is 84.2 cm³/mol. The summed E-state index contributed by atoms with van der Waals surface area (Å²) in [6, 6.07) is 5.99. The van der Waals surface area contributed by atoms with Crippen molar-refractivity contribution in [1.29, 1.82) is 0 Å². The number of benzene rings is 1. The first-order valence-electron chi connectivity index (χ1n) is 6.69. The molecule has 1 aromatic rings. The maximum atomic E-state index is 5.54. The molecule has 0 amide bonds. The average Bonchev–Trinajstić information content (AvgIpc) is 2.37. The van der Waals surface area contributed by atoms with E-state index in [-0.39, 0.29) is 0 Å². The van der Waals surface area contributed by atoms with E-state index in [9.17, 15) is 0 Å². The first kappa shape index (κ1) is 16.1. The Morgan fingerprint density at radius 3 is 2.89 bits per heavy atom. The third-order valence-electron chi connectivity index (χ3n) is 2.78. The molecule has 0 spiro atoms. The van der Waals surface area contributed by atoms with Crippen LogP contribution in [0.2, 0.25) is 0 Å². The minimum atomic E-state index is 0.308. The van der Waals surface area contributed by atoms with Crippen molar-refractivity contribution in [2.45, 2.75) is 33.2 Å². The van der Waals surface area contributed by atoms with Crippen LogP contribution in [0, 0.1) is 18.3 Å². The lowest BCUT2D eigenvalue weighted by Gasteiger charge is -2.11. The van der Waals surface area contributed by atoms with E-state index < -0.39 is 0 Å². The van der Waals surface area contributed by atoms with Gasteiger partial charge in [-0.15, -0.1) is 6.42 Å². The Kier molecular flexibility index (Phi) is 7.62. The smallest absolute Gasteiger partial charge is 0.148 e. The highest BCUT2D eigenvalue weighted by Gasteiger charge is 2.04. The van der Waals surface area contributed by atoms with Gasteiger partial charge >= 0.3 is 0 Å². The van der Waals surface area contributed by atoms with Gasteiger partial charge in [-0.25, -0.2) is 0 Å². The van der Waals surface area contributed by atoms with Gasteiger partial charge in [0.25, 0.3) is 0 Å². The number of nitrogens with one attached hydrogen (secondary N) is 1. The summed E-state index contributed by atoms with van der Waals surface area (Å²) >= 11 is 3.48. The Balaban J connectivity index is 2.46. The van der Waals surface area contributed by atoms with E-state index in [0.717, 1.165) is 34.8 Å². The zero-order valence-corrected chi connectivity index (χ0v) is 13.3. The van der Waals surface area contributed by atoms with Gasteiger partial charge in [0.2, 0.25) is 0 Å². The zero-order chi connectivity index (χ0) is 14.1. The van der Waals surface area contributed by atoms with Gasteiger partial charge in [0, 0.05) is 16.6 Å². The quantitative estimate of drug-likeness (QED) is 0.577. The normalized spacial score (nSPS) is 10.5. The summed E-state index contributed by atoms with van der Waals surface area (Å²) in [4.78, 5) is 0. The topological polar surface area (TPSA) is 21.3 Å². The van der Waals surface area contributed by atoms with Crippen molar-refractivity contribution in [1.82, 2.24) is 5.32 Å². The molecule has 0 heterocycles. The summed E-state index contributed by atoms with van der Waals surface area (Å²) in [5, 5.41) is 3.45. The number of hydrogen-bond acceptors (Lipinski definition) is 2. The van der Waals surface area contributed by atoms with Gasteiger partial charge in [0.1, 0.15) is 12.4 Å². The molecule has 2 nitrogen and oxygen atoms in total. The van der Waals surface area contributed by atoms with E-state index in [0.29, 0.717) is 6.61 Å². The largest absolute Gasteiger partial charge is 0.481 e. The van der Waals surface area contributed by atoms with Crippen LogP contribution in [0.1, 0.15) is 32.3 Å². The van der Waals surface area contributed by atoms with Crippen LogP contribution in [-0.4, -0.2) is 13.2 Å². The summed E-state index contributed by atoms with van der Waals surface area (Å²) in [6.45, 7) is 6.64. The van der Waals surface area contributed by atoms with Crippen LogP contribution in [0.4, 0.5) is 0 Å². The maximum absolute atomic E-state index is 5.54. The lowest BCUT2D eigenvalue weighted by Crippen LogP contribution is -2.16. The highest BCUT2D eigenvalue weighted by atomic mass is 79.9. The van der Waals surface area contributed by atoms with Gasteiger partial charge < -0.3 is 10.1 Å². The second kappa shape index (κ2) is 9.01. The molecular weight excluding hydrogens is 302 g/mol. The fraction of sp³-hybridized carbons (Fsp3) is 0.500. The van der Waals surface area contributed by atoms with Crippen LogP contribution in [0.25, 0.3) is 0 Å². The van der Waals surface area contributed by atoms with Crippen LogP contribution >= 0.6 is 15.9 Å². The van der Waals surface area contributed by atoms with Gasteiger partial charge in [-0.05, 0) is 43.5 Å². The van der Waals surface area contributed by atoms with E-state index in [4.69, 9.17) is 11.2 Å². The molecule has 0 aromatic heterocycles. The molecule has 1 aromatic carbocycles. The first-order chi connectivity index (χ1) is 9.13. The van der Waals surface area contributed by atoms with E-state index in [1.54, 1.807) is 0 Å². The minimum Gasteiger partial charge on any atom is -0.481 e. The fourth-order valence-electron chi connectivity index (χ4n) is 1.80. The number of ether oxygens (including phenoxy) is 1. The van der Waals surface area contributed by atoms with Crippen LogP contribution < -0.4 is 10.1 Å². The molecule has 0 aliphatic carbocycles. The predicted octanol–water partition coefficient (Wildman–Crippen LogP) is 3.99. The molecule has 0 fully saturated rings. The molecule has 0 aliphatic heterocycles. The summed E-state index contributed by atoms with van der Waals surface area (Å²) in [5.41, 5.74) is 1.13. The number of rotatable bonds is 8. The number of terminal acetylenes is 1. The number of hydrogen-bond donors (Lipinski definition) is 1. The molecule has 0 atom stereocenters. The highest BCUT2D eigenvalue weighted by molar-refractivity contribution is 9.10.